The van der Waals surface area contributed by atoms with E-state index in [9.17, 15) is 4.79 Å². The molecule has 0 atom stereocenters. The molecule has 2 heterocycles. The maximum absolute atomic E-state index is 12.5. The first kappa shape index (κ1) is 17.5. The summed E-state index contributed by atoms with van der Waals surface area (Å²) in [6, 6.07) is 12.6. The summed E-state index contributed by atoms with van der Waals surface area (Å²) in [6.45, 7) is 1.96. The van der Waals surface area contributed by atoms with Crippen LogP contribution in [0, 0.1) is 6.92 Å². The number of methoxy groups -OCH3 is 1. The zero-order valence-corrected chi connectivity index (χ0v) is 15.4. The zero-order chi connectivity index (χ0) is 19.7. The highest BCUT2D eigenvalue weighted by molar-refractivity contribution is 5.73. The first-order chi connectivity index (χ1) is 13.5. The lowest BCUT2D eigenvalue weighted by molar-refractivity contribution is 0.414. The summed E-state index contributed by atoms with van der Waals surface area (Å²) in [5.41, 5.74) is 9.46. The zero-order valence-electron chi connectivity index (χ0n) is 15.4. The minimum absolute atomic E-state index is 0.289. The topological polar surface area (TPSA) is 108 Å². The fourth-order valence-electron chi connectivity index (χ4n) is 2.87. The fourth-order valence-corrected chi connectivity index (χ4v) is 2.87. The van der Waals surface area contributed by atoms with Crippen LogP contribution in [0.4, 0.5) is 17.3 Å². The molecule has 0 radical (unpaired) electrons. The Hall–Kier alpha value is -3.94. The predicted molar refractivity (Wildman–Crippen MR) is 108 cm³/mol. The number of aryl methyl sites for hydroxylation is 1. The molecule has 0 amide bonds. The summed E-state index contributed by atoms with van der Waals surface area (Å²) in [6.07, 6.45) is 2.83. The quantitative estimate of drug-likeness (QED) is 0.529. The van der Waals surface area contributed by atoms with Crippen LogP contribution in [0.1, 0.15) is 5.56 Å². The van der Waals surface area contributed by atoms with Crippen molar-refractivity contribution < 1.29 is 4.74 Å². The van der Waals surface area contributed by atoms with E-state index in [2.05, 4.69) is 20.3 Å². The third kappa shape index (κ3) is 3.23. The van der Waals surface area contributed by atoms with Gasteiger partial charge in [-0.15, -0.1) is 0 Å². The molecule has 0 bridgehead atoms. The maximum Gasteiger partial charge on any atom is 0.275 e. The Labute approximate surface area is 160 Å². The summed E-state index contributed by atoms with van der Waals surface area (Å²) in [4.78, 5) is 25.5. The molecule has 4 rings (SSSR count). The Morgan fingerprint density at radius 2 is 1.86 bits per heavy atom. The van der Waals surface area contributed by atoms with Crippen molar-refractivity contribution in [1.82, 2.24) is 19.5 Å². The standard InChI is InChI=1S/C20H18N6O2/c1-12-9-15(28-2)7-8-16(12)24-20-23-10-17-19(25-20)26(18(27)11-22-17)14-5-3-13(21)4-6-14/h3-11H,21H2,1-2H3,(H,23,24,25). The summed E-state index contributed by atoms with van der Waals surface area (Å²) < 4.78 is 6.71. The Morgan fingerprint density at radius 3 is 2.57 bits per heavy atom. The molecule has 8 nitrogen and oxygen atoms in total. The van der Waals surface area contributed by atoms with E-state index in [1.807, 2.05) is 25.1 Å². The highest BCUT2D eigenvalue weighted by atomic mass is 16.5. The summed E-state index contributed by atoms with van der Waals surface area (Å²) in [7, 11) is 1.62. The second kappa shape index (κ2) is 6.99. The van der Waals surface area contributed by atoms with Crippen LogP contribution in [-0.2, 0) is 0 Å². The Bertz CT molecular complexity index is 1220. The van der Waals surface area contributed by atoms with Gasteiger partial charge >= 0.3 is 0 Å². The van der Waals surface area contributed by atoms with E-state index in [1.165, 1.54) is 10.8 Å². The molecular weight excluding hydrogens is 356 g/mol. The van der Waals surface area contributed by atoms with Crippen molar-refractivity contribution in [3.8, 4) is 11.4 Å². The third-order valence-electron chi connectivity index (χ3n) is 4.33. The molecule has 3 N–H and O–H groups in total. The van der Waals surface area contributed by atoms with E-state index in [-0.39, 0.29) is 5.56 Å². The summed E-state index contributed by atoms with van der Waals surface area (Å²) in [5, 5.41) is 3.18. The third-order valence-corrected chi connectivity index (χ3v) is 4.33. The van der Waals surface area contributed by atoms with Gasteiger partial charge in [0.2, 0.25) is 5.95 Å². The van der Waals surface area contributed by atoms with Gasteiger partial charge in [-0.3, -0.25) is 9.36 Å². The van der Waals surface area contributed by atoms with Gasteiger partial charge in [-0.05, 0) is 55.0 Å². The number of ether oxygens (including phenoxy) is 1. The van der Waals surface area contributed by atoms with Crippen LogP contribution >= 0.6 is 0 Å². The van der Waals surface area contributed by atoms with Gasteiger partial charge < -0.3 is 15.8 Å². The molecule has 140 valence electrons. The number of nitrogens with two attached hydrogens (primary N) is 1. The average molecular weight is 374 g/mol. The van der Waals surface area contributed by atoms with Crippen molar-refractivity contribution in [2.24, 2.45) is 0 Å². The van der Waals surface area contributed by atoms with Gasteiger partial charge in [-0.2, -0.15) is 4.98 Å². The van der Waals surface area contributed by atoms with Crippen LogP contribution in [0.5, 0.6) is 5.75 Å². The fraction of sp³-hybridized carbons (Fsp3) is 0.100. The maximum atomic E-state index is 12.5. The molecule has 0 saturated heterocycles. The SMILES string of the molecule is COc1ccc(Nc2ncc3ncc(=O)n(-c4ccc(N)cc4)c3n2)c(C)c1. The molecule has 2 aromatic carbocycles. The Kier molecular flexibility index (Phi) is 4.36. The summed E-state index contributed by atoms with van der Waals surface area (Å²) >= 11 is 0. The molecule has 28 heavy (non-hydrogen) atoms. The second-order valence-corrected chi connectivity index (χ2v) is 6.23. The van der Waals surface area contributed by atoms with Gasteiger partial charge in [-0.1, -0.05) is 0 Å². The van der Waals surface area contributed by atoms with Gasteiger partial charge in [0.25, 0.3) is 5.56 Å². The molecule has 0 saturated carbocycles. The highest BCUT2D eigenvalue weighted by Crippen LogP contribution is 2.24. The molecule has 0 spiro atoms. The minimum atomic E-state index is -0.289. The summed E-state index contributed by atoms with van der Waals surface area (Å²) in [5.74, 6) is 1.13. The Balaban J connectivity index is 1.81. The number of fused-ring (bicyclic) bond motifs is 1. The van der Waals surface area contributed by atoms with Crippen molar-refractivity contribution in [2.45, 2.75) is 6.92 Å². The number of nitrogens with one attached hydrogen (secondary N) is 1. The van der Waals surface area contributed by atoms with Crippen LogP contribution < -0.4 is 21.3 Å². The first-order valence-electron chi connectivity index (χ1n) is 8.57. The molecule has 0 aliphatic rings. The van der Waals surface area contributed by atoms with E-state index in [0.717, 1.165) is 17.0 Å². The molecule has 0 aliphatic heterocycles. The molecule has 4 aromatic rings. The van der Waals surface area contributed by atoms with E-state index in [0.29, 0.717) is 28.5 Å². The van der Waals surface area contributed by atoms with E-state index in [4.69, 9.17) is 10.5 Å². The van der Waals surface area contributed by atoms with Gasteiger partial charge in [0.15, 0.2) is 5.65 Å². The molecule has 2 aromatic heterocycles. The van der Waals surface area contributed by atoms with E-state index in [1.54, 1.807) is 37.6 Å². The van der Waals surface area contributed by atoms with Gasteiger partial charge in [0.1, 0.15) is 11.3 Å². The number of aromatic nitrogens is 4. The highest BCUT2D eigenvalue weighted by Gasteiger charge is 2.11. The van der Waals surface area contributed by atoms with Gasteiger partial charge in [0, 0.05) is 11.4 Å². The number of hydrogen-bond donors (Lipinski definition) is 2. The van der Waals surface area contributed by atoms with Crippen LogP contribution in [-0.4, -0.2) is 26.6 Å². The van der Waals surface area contributed by atoms with Crippen LogP contribution in [0.15, 0.2) is 59.7 Å². The average Bonchev–Trinajstić information content (AvgIpc) is 2.70. The van der Waals surface area contributed by atoms with E-state index >= 15 is 0 Å². The molecular formula is C20H18N6O2. The van der Waals surface area contributed by atoms with Crippen molar-refractivity contribution in [1.29, 1.82) is 0 Å². The van der Waals surface area contributed by atoms with Crippen LogP contribution in [0.2, 0.25) is 0 Å². The minimum Gasteiger partial charge on any atom is -0.497 e. The largest absolute Gasteiger partial charge is 0.497 e. The molecule has 8 heteroatoms. The number of hydrogen-bond acceptors (Lipinski definition) is 7. The van der Waals surface area contributed by atoms with Crippen molar-refractivity contribution in [2.75, 3.05) is 18.2 Å². The van der Waals surface area contributed by atoms with Crippen molar-refractivity contribution in [3.05, 3.63) is 70.8 Å². The predicted octanol–water partition coefficient (Wildman–Crippen LogP) is 2.82. The Morgan fingerprint density at radius 1 is 1.07 bits per heavy atom. The van der Waals surface area contributed by atoms with Crippen LogP contribution in [0.25, 0.3) is 16.9 Å². The van der Waals surface area contributed by atoms with Crippen LogP contribution in [0.3, 0.4) is 0 Å². The number of nitrogen functional groups attached to an aromatic ring is 1. The van der Waals surface area contributed by atoms with Gasteiger partial charge in [0.05, 0.1) is 25.2 Å². The molecule has 0 unspecified atom stereocenters. The lowest BCUT2D eigenvalue weighted by Crippen LogP contribution is -2.20. The monoisotopic (exact) mass is 374 g/mol. The van der Waals surface area contributed by atoms with E-state index < -0.39 is 0 Å². The van der Waals surface area contributed by atoms with Crippen molar-refractivity contribution in [3.63, 3.8) is 0 Å². The number of nitrogens with zero attached hydrogens (tertiary/aromatic N) is 4. The normalized spacial score (nSPS) is 10.8. The molecule has 0 fully saturated rings. The lowest BCUT2D eigenvalue weighted by atomic mass is 10.2. The second-order valence-electron chi connectivity index (χ2n) is 6.23. The first-order valence-corrected chi connectivity index (χ1v) is 8.57. The number of benzene rings is 2. The number of anilines is 3. The smallest absolute Gasteiger partial charge is 0.275 e. The lowest BCUT2D eigenvalue weighted by Gasteiger charge is -2.12. The van der Waals surface area contributed by atoms with Gasteiger partial charge in [-0.25, -0.2) is 9.97 Å². The van der Waals surface area contributed by atoms with Crippen molar-refractivity contribution >= 4 is 28.5 Å². The molecule has 0 aliphatic carbocycles. The number of rotatable bonds is 4.